The van der Waals surface area contributed by atoms with E-state index in [2.05, 4.69) is 4.94 Å². The fourth-order valence-electron chi connectivity index (χ4n) is 1.38. The standard InChI is InChI=1S/C12H16O4Se/c1-3-15-11(13)10(12(14)16-4-2)8-9-6-5-7-17-9/h5-7,10H,3-4,8H2,1-2H3. The summed E-state index contributed by atoms with van der Waals surface area (Å²) in [4.78, 5) is 25.4. The Hall–Kier alpha value is -1.06. The Bertz CT molecular complexity index is 341. The van der Waals surface area contributed by atoms with Crippen molar-refractivity contribution in [2.45, 2.75) is 20.3 Å². The van der Waals surface area contributed by atoms with Gasteiger partial charge in [-0.05, 0) is 0 Å². The SMILES string of the molecule is CCOC(=O)C(Cc1ccc[se]1)C(=O)OCC. The predicted octanol–water partition coefficient (Wildman–Crippen LogP) is 1.03. The summed E-state index contributed by atoms with van der Waals surface area (Å²) in [6.07, 6.45) is 0.407. The van der Waals surface area contributed by atoms with Gasteiger partial charge in [0.05, 0.1) is 0 Å². The second-order valence-corrected chi connectivity index (χ2v) is 5.51. The molecule has 1 rings (SSSR count). The van der Waals surface area contributed by atoms with Crippen molar-refractivity contribution in [3.05, 3.63) is 21.5 Å². The fraction of sp³-hybridized carbons (Fsp3) is 0.500. The maximum absolute atomic E-state index is 11.7. The van der Waals surface area contributed by atoms with Crippen molar-refractivity contribution < 1.29 is 19.1 Å². The number of ether oxygens (including phenoxy) is 2. The third kappa shape index (κ3) is 4.36. The van der Waals surface area contributed by atoms with Gasteiger partial charge in [0.1, 0.15) is 0 Å². The van der Waals surface area contributed by atoms with E-state index in [9.17, 15) is 9.59 Å². The Kier molecular flexibility index (Phi) is 6.01. The molecule has 17 heavy (non-hydrogen) atoms. The molecule has 1 heterocycles. The number of hydrogen-bond acceptors (Lipinski definition) is 4. The normalized spacial score (nSPS) is 10.3. The van der Waals surface area contributed by atoms with Gasteiger partial charge in [-0.1, -0.05) is 0 Å². The van der Waals surface area contributed by atoms with E-state index in [0.717, 1.165) is 4.44 Å². The van der Waals surface area contributed by atoms with Crippen LogP contribution >= 0.6 is 0 Å². The maximum atomic E-state index is 11.7. The van der Waals surface area contributed by atoms with Crippen LogP contribution in [-0.4, -0.2) is 39.7 Å². The Balaban J connectivity index is 2.71. The summed E-state index contributed by atoms with van der Waals surface area (Å²) in [7, 11) is 0. The van der Waals surface area contributed by atoms with Crippen LogP contribution in [0.5, 0.6) is 0 Å². The molecule has 0 radical (unpaired) electrons. The van der Waals surface area contributed by atoms with Crippen LogP contribution in [0.25, 0.3) is 0 Å². The van der Waals surface area contributed by atoms with E-state index >= 15 is 0 Å². The molecule has 4 nitrogen and oxygen atoms in total. The molecule has 0 aliphatic rings. The third-order valence-corrected chi connectivity index (χ3v) is 4.01. The van der Waals surface area contributed by atoms with Gasteiger partial charge in [0.2, 0.25) is 0 Å². The zero-order valence-electron chi connectivity index (χ0n) is 9.97. The quantitative estimate of drug-likeness (QED) is 0.447. The molecule has 0 saturated heterocycles. The Labute approximate surface area is 107 Å². The van der Waals surface area contributed by atoms with Gasteiger partial charge in [0, 0.05) is 0 Å². The topological polar surface area (TPSA) is 52.6 Å². The van der Waals surface area contributed by atoms with Gasteiger partial charge < -0.3 is 0 Å². The number of esters is 2. The van der Waals surface area contributed by atoms with Crippen molar-refractivity contribution in [3.8, 4) is 0 Å². The van der Waals surface area contributed by atoms with Crippen LogP contribution < -0.4 is 0 Å². The molecule has 0 fully saturated rings. The van der Waals surface area contributed by atoms with Crippen molar-refractivity contribution in [1.82, 2.24) is 0 Å². The molecule has 5 heteroatoms. The van der Waals surface area contributed by atoms with Crippen LogP contribution in [0.2, 0.25) is 0 Å². The van der Waals surface area contributed by atoms with E-state index in [1.807, 2.05) is 12.1 Å². The van der Waals surface area contributed by atoms with Gasteiger partial charge in [-0.15, -0.1) is 0 Å². The average molecular weight is 303 g/mol. The molecular weight excluding hydrogens is 287 g/mol. The van der Waals surface area contributed by atoms with Crippen LogP contribution in [-0.2, 0) is 25.5 Å². The number of carbonyl (C=O) groups is 2. The molecule has 0 bridgehead atoms. The molecule has 1 aromatic heterocycles. The monoisotopic (exact) mass is 304 g/mol. The second-order valence-electron chi connectivity index (χ2n) is 3.34. The molecule has 0 aliphatic carbocycles. The average Bonchev–Trinajstić information content (AvgIpc) is 2.79. The number of hydrogen-bond donors (Lipinski definition) is 0. The van der Waals surface area contributed by atoms with Crippen LogP contribution in [0, 0.1) is 5.92 Å². The Morgan fingerprint density at radius 1 is 1.24 bits per heavy atom. The summed E-state index contributed by atoms with van der Waals surface area (Å²) in [5.41, 5.74) is 0. The molecule has 1 aromatic rings. The first-order valence-electron chi connectivity index (χ1n) is 5.54. The summed E-state index contributed by atoms with van der Waals surface area (Å²) in [6.45, 7) is 4.00. The fourth-order valence-corrected chi connectivity index (χ4v) is 2.96. The number of rotatable bonds is 6. The van der Waals surface area contributed by atoms with Crippen molar-refractivity contribution in [2.75, 3.05) is 13.2 Å². The van der Waals surface area contributed by atoms with Crippen molar-refractivity contribution in [2.24, 2.45) is 5.92 Å². The van der Waals surface area contributed by atoms with E-state index in [1.165, 1.54) is 0 Å². The first kappa shape index (κ1) is 14.0. The zero-order chi connectivity index (χ0) is 12.7. The summed E-state index contributed by atoms with van der Waals surface area (Å²) in [6, 6.07) is 3.90. The van der Waals surface area contributed by atoms with E-state index in [4.69, 9.17) is 9.47 Å². The summed E-state index contributed by atoms with van der Waals surface area (Å²) in [5.74, 6) is -1.80. The van der Waals surface area contributed by atoms with E-state index < -0.39 is 17.9 Å². The van der Waals surface area contributed by atoms with Gasteiger partial charge >= 0.3 is 106 Å². The summed E-state index contributed by atoms with van der Waals surface area (Å²) < 4.78 is 10.9. The van der Waals surface area contributed by atoms with Crippen LogP contribution in [0.3, 0.4) is 0 Å². The molecule has 94 valence electrons. The molecule has 0 spiro atoms. The second kappa shape index (κ2) is 7.30. The van der Waals surface area contributed by atoms with Gasteiger partial charge in [-0.2, -0.15) is 0 Å². The van der Waals surface area contributed by atoms with E-state index in [0.29, 0.717) is 6.42 Å². The number of carbonyl (C=O) groups excluding carboxylic acids is 2. The molecule has 0 unspecified atom stereocenters. The molecule has 0 atom stereocenters. The molecule has 0 N–H and O–H groups in total. The van der Waals surface area contributed by atoms with Crippen molar-refractivity contribution >= 4 is 26.4 Å². The molecule has 0 amide bonds. The molecule has 0 aliphatic heterocycles. The van der Waals surface area contributed by atoms with Gasteiger partial charge in [0.25, 0.3) is 0 Å². The Morgan fingerprint density at radius 2 is 1.82 bits per heavy atom. The third-order valence-electron chi connectivity index (χ3n) is 2.13. The predicted molar refractivity (Wildman–Crippen MR) is 63.8 cm³/mol. The minimum absolute atomic E-state index is 0.247. The van der Waals surface area contributed by atoms with Crippen LogP contribution in [0.15, 0.2) is 17.1 Å². The van der Waals surface area contributed by atoms with Gasteiger partial charge in [-0.25, -0.2) is 0 Å². The van der Waals surface area contributed by atoms with Crippen LogP contribution in [0.1, 0.15) is 18.3 Å². The van der Waals surface area contributed by atoms with Crippen molar-refractivity contribution in [3.63, 3.8) is 0 Å². The summed E-state index contributed by atoms with van der Waals surface area (Å²) >= 11 is 0.247. The first-order chi connectivity index (χ1) is 8.19. The minimum atomic E-state index is -0.817. The Morgan fingerprint density at radius 3 is 2.24 bits per heavy atom. The van der Waals surface area contributed by atoms with E-state index in [-0.39, 0.29) is 27.7 Å². The molecule has 0 aromatic carbocycles. The first-order valence-corrected chi connectivity index (χ1v) is 7.39. The molecule has 0 saturated carbocycles. The van der Waals surface area contributed by atoms with Gasteiger partial charge in [0.15, 0.2) is 0 Å². The van der Waals surface area contributed by atoms with Crippen LogP contribution in [0.4, 0.5) is 0 Å². The van der Waals surface area contributed by atoms with E-state index in [1.54, 1.807) is 13.8 Å². The molecular formula is C12H16O4Se. The zero-order valence-corrected chi connectivity index (χ0v) is 11.7. The summed E-state index contributed by atoms with van der Waals surface area (Å²) in [5, 5.41) is 0. The van der Waals surface area contributed by atoms with Crippen molar-refractivity contribution in [1.29, 1.82) is 0 Å². The van der Waals surface area contributed by atoms with Gasteiger partial charge in [-0.3, -0.25) is 0 Å².